The van der Waals surface area contributed by atoms with Gasteiger partial charge in [-0.1, -0.05) is 28.8 Å². The van der Waals surface area contributed by atoms with E-state index in [1.807, 2.05) is 0 Å². The van der Waals surface area contributed by atoms with Crippen molar-refractivity contribution in [3.63, 3.8) is 0 Å². The molecule has 1 aliphatic carbocycles. The number of aliphatic hydroxyl groups is 2. The maximum absolute atomic E-state index is 9.32. The number of alkyl halides is 1. The van der Waals surface area contributed by atoms with E-state index < -0.39 is 0 Å². The van der Waals surface area contributed by atoms with Crippen LogP contribution in [0.4, 0.5) is 0 Å². The SMILES string of the molecule is OC1CCCCC(O)C1Br. The van der Waals surface area contributed by atoms with Crippen LogP contribution >= 0.6 is 15.9 Å². The summed E-state index contributed by atoms with van der Waals surface area (Å²) in [7, 11) is 0. The van der Waals surface area contributed by atoms with Gasteiger partial charge in [0.25, 0.3) is 0 Å². The Balaban J connectivity index is 2.46. The second kappa shape index (κ2) is 3.69. The van der Waals surface area contributed by atoms with Gasteiger partial charge in [-0.05, 0) is 12.8 Å². The first-order valence-corrected chi connectivity index (χ1v) is 4.63. The molecule has 2 unspecified atom stereocenters. The molecular weight excluding hydrogens is 196 g/mol. The van der Waals surface area contributed by atoms with Gasteiger partial charge in [0.1, 0.15) is 0 Å². The average Bonchev–Trinajstić information content (AvgIpc) is 2.04. The molecule has 0 aromatic carbocycles. The number of rotatable bonds is 0. The number of hydrogen-bond donors (Lipinski definition) is 2. The van der Waals surface area contributed by atoms with Crippen molar-refractivity contribution in [2.75, 3.05) is 0 Å². The lowest BCUT2D eigenvalue weighted by Gasteiger charge is -2.17. The Kier molecular flexibility index (Phi) is 3.14. The van der Waals surface area contributed by atoms with Gasteiger partial charge < -0.3 is 10.2 Å². The summed E-state index contributed by atoms with van der Waals surface area (Å²) in [5.74, 6) is 0. The van der Waals surface area contributed by atoms with E-state index in [9.17, 15) is 10.2 Å². The van der Waals surface area contributed by atoms with Crippen molar-refractivity contribution in [3.05, 3.63) is 0 Å². The molecule has 0 amide bonds. The van der Waals surface area contributed by atoms with Gasteiger partial charge in [-0.25, -0.2) is 0 Å². The molecule has 1 rings (SSSR count). The molecule has 1 saturated carbocycles. The Morgan fingerprint density at radius 2 is 1.40 bits per heavy atom. The van der Waals surface area contributed by atoms with Crippen LogP contribution in [0.1, 0.15) is 25.7 Å². The molecule has 3 heteroatoms. The molecule has 0 aliphatic heterocycles. The van der Waals surface area contributed by atoms with Crippen LogP contribution in [-0.2, 0) is 0 Å². The number of hydrogen-bond acceptors (Lipinski definition) is 2. The molecule has 2 nitrogen and oxygen atoms in total. The van der Waals surface area contributed by atoms with Gasteiger partial charge in [0.05, 0.1) is 17.0 Å². The minimum atomic E-state index is -0.363. The maximum atomic E-state index is 9.32. The molecular formula is C7H13BrO2. The molecule has 0 aromatic rings. The van der Waals surface area contributed by atoms with Crippen molar-refractivity contribution in [2.24, 2.45) is 0 Å². The minimum Gasteiger partial charge on any atom is -0.392 e. The van der Waals surface area contributed by atoms with E-state index in [0.717, 1.165) is 25.7 Å². The molecule has 0 bridgehead atoms. The van der Waals surface area contributed by atoms with Crippen LogP contribution in [-0.4, -0.2) is 27.2 Å². The molecule has 0 saturated heterocycles. The highest BCUT2D eigenvalue weighted by atomic mass is 79.9. The van der Waals surface area contributed by atoms with E-state index >= 15 is 0 Å². The smallest absolute Gasteiger partial charge is 0.0690 e. The van der Waals surface area contributed by atoms with Gasteiger partial charge >= 0.3 is 0 Å². The van der Waals surface area contributed by atoms with Crippen molar-refractivity contribution in [1.82, 2.24) is 0 Å². The molecule has 10 heavy (non-hydrogen) atoms. The Morgan fingerprint density at radius 3 is 1.80 bits per heavy atom. The summed E-state index contributed by atoms with van der Waals surface area (Å²) in [6, 6.07) is 0. The summed E-state index contributed by atoms with van der Waals surface area (Å²) in [5.41, 5.74) is 0. The fourth-order valence-corrected chi connectivity index (χ4v) is 1.81. The molecule has 0 aromatic heterocycles. The molecule has 2 atom stereocenters. The number of halogens is 1. The van der Waals surface area contributed by atoms with Gasteiger partial charge in [-0.2, -0.15) is 0 Å². The normalized spacial score (nSPS) is 42.9. The third-order valence-electron chi connectivity index (χ3n) is 1.98. The summed E-state index contributed by atoms with van der Waals surface area (Å²) in [6.07, 6.45) is 2.95. The Morgan fingerprint density at radius 1 is 1.00 bits per heavy atom. The van der Waals surface area contributed by atoms with E-state index in [1.165, 1.54) is 0 Å². The molecule has 1 fully saturated rings. The first-order valence-electron chi connectivity index (χ1n) is 3.72. The zero-order valence-electron chi connectivity index (χ0n) is 5.83. The summed E-state index contributed by atoms with van der Waals surface area (Å²) in [5, 5.41) is 18.6. The fraction of sp³-hybridized carbons (Fsp3) is 1.00. The highest BCUT2D eigenvalue weighted by Gasteiger charge is 2.26. The minimum absolute atomic E-state index is 0.116. The fourth-order valence-electron chi connectivity index (χ4n) is 1.28. The summed E-state index contributed by atoms with van der Waals surface area (Å²) in [6.45, 7) is 0. The highest BCUT2D eigenvalue weighted by molar-refractivity contribution is 9.09. The largest absolute Gasteiger partial charge is 0.392 e. The van der Waals surface area contributed by atoms with Crippen molar-refractivity contribution in [2.45, 2.75) is 42.7 Å². The Hall–Kier alpha value is 0.400. The Labute approximate surface area is 69.4 Å². The zero-order chi connectivity index (χ0) is 7.56. The predicted octanol–water partition coefficient (Wildman–Crippen LogP) is 1.05. The third kappa shape index (κ3) is 1.94. The second-order valence-electron chi connectivity index (χ2n) is 2.86. The quantitative estimate of drug-likeness (QED) is 0.462. The second-order valence-corrected chi connectivity index (χ2v) is 3.92. The predicted molar refractivity (Wildman–Crippen MR) is 43.2 cm³/mol. The van der Waals surface area contributed by atoms with E-state index in [0.29, 0.717) is 0 Å². The van der Waals surface area contributed by atoms with Crippen LogP contribution in [0, 0.1) is 0 Å². The molecule has 60 valence electrons. The van der Waals surface area contributed by atoms with Crippen molar-refractivity contribution >= 4 is 15.9 Å². The van der Waals surface area contributed by atoms with Crippen LogP contribution < -0.4 is 0 Å². The monoisotopic (exact) mass is 208 g/mol. The van der Waals surface area contributed by atoms with E-state index in [1.54, 1.807) is 0 Å². The highest BCUT2D eigenvalue weighted by Crippen LogP contribution is 2.23. The summed E-state index contributed by atoms with van der Waals surface area (Å²) in [4.78, 5) is -0.116. The van der Waals surface area contributed by atoms with Crippen LogP contribution in [0.15, 0.2) is 0 Å². The van der Waals surface area contributed by atoms with E-state index in [2.05, 4.69) is 15.9 Å². The number of aliphatic hydroxyl groups excluding tert-OH is 2. The first kappa shape index (κ1) is 8.50. The third-order valence-corrected chi connectivity index (χ3v) is 3.21. The van der Waals surface area contributed by atoms with Gasteiger partial charge in [-0.3, -0.25) is 0 Å². The van der Waals surface area contributed by atoms with Crippen LogP contribution in [0.3, 0.4) is 0 Å². The standard InChI is InChI=1S/C7H13BrO2/c8-7-5(9)3-1-2-4-6(7)10/h5-7,9-10H,1-4H2. The molecule has 0 spiro atoms. The molecule has 2 N–H and O–H groups in total. The van der Waals surface area contributed by atoms with Crippen LogP contribution in [0.2, 0.25) is 0 Å². The van der Waals surface area contributed by atoms with Gasteiger partial charge in [0.2, 0.25) is 0 Å². The van der Waals surface area contributed by atoms with Gasteiger partial charge in [0.15, 0.2) is 0 Å². The van der Waals surface area contributed by atoms with Crippen molar-refractivity contribution < 1.29 is 10.2 Å². The zero-order valence-corrected chi connectivity index (χ0v) is 7.42. The summed E-state index contributed by atoms with van der Waals surface area (Å²) < 4.78 is 0. The molecule has 0 radical (unpaired) electrons. The van der Waals surface area contributed by atoms with Crippen LogP contribution in [0.5, 0.6) is 0 Å². The summed E-state index contributed by atoms with van der Waals surface area (Å²) >= 11 is 3.27. The topological polar surface area (TPSA) is 40.5 Å². The van der Waals surface area contributed by atoms with Crippen molar-refractivity contribution in [1.29, 1.82) is 0 Å². The lowest BCUT2D eigenvalue weighted by Crippen LogP contribution is -2.30. The van der Waals surface area contributed by atoms with E-state index in [-0.39, 0.29) is 17.0 Å². The van der Waals surface area contributed by atoms with Gasteiger partial charge in [-0.15, -0.1) is 0 Å². The molecule has 0 heterocycles. The van der Waals surface area contributed by atoms with Crippen molar-refractivity contribution in [3.8, 4) is 0 Å². The lowest BCUT2D eigenvalue weighted by atomic mass is 10.1. The Bertz CT molecular complexity index is 95.8. The van der Waals surface area contributed by atoms with Crippen LogP contribution in [0.25, 0.3) is 0 Å². The molecule has 1 aliphatic rings. The lowest BCUT2D eigenvalue weighted by molar-refractivity contribution is 0.0957. The average molecular weight is 209 g/mol. The maximum Gasteiger partial charge on any atom is 0.0690 e. The van der Waals surface area contributed by atoms with Gasteiger partial charge in [0, 0.05) is 0 Å². The first-order chi connectivity index (χ1) is 4.72. The van der Waals surface area contributed by atoms with E-state index in [4.69, 9.17) is 0 Å².